The topological polar surface area (TPSA) is 403 Å². The quantitative estimate of drug-likeness (QED) is 0.0718. The standard InChI is InChI=1S/5C3H5BrO4.Al.Ca/c5*4-3(8,1-5)2(6)7;;/h5*5,8H,1H2,(H,6,7);;/q;;;;;+3;+2/p-5. The van der Waals surface area contributed by atoms with E-state index in [2.05, 4.69) is 79.6 Å². The average Bonchev–Trinajstić information content (AvgIpc) is 2.84. The van der Waals surface area contributed by atoms with Crippen molar-refractivity contribution >= 4 is 165 Å². The molecular weight excluding hydrogens is 967 g/mol. The van der Waals surface area contributed by atoms with Gasteiger partial charge in [0.25, 0.3) is 0 Å². The first-order valence-electron chi connectivity index (χ1n) is 8.70. The summed E-state index contributed by atoms with van der Waals surface area (Å²) < 4.78 is -11.4. The van der Waals surface area contributed by atoms with Gasteiger partial charge in [0.1, 0.15) is 0 Å². The van der Waals surface area contributed by atoms with Crippen LogP contribution in [0.4, 0.5) is 0 Å². The number of alkyl halides is 5. The third-order valence-electron chi connectivity index (χ3n) is 2.61. The Morgan fingerprint density at radius 1 is 0.405 bits per heavy atom. The molecule has 0 radical (unpaired) electrons. The molecule has 20 nitrogen and oxygen atoms in total. The second-order valence-corrected chi connectivity index (χ2v) is 12.6. The Bertz CT molecular complexity index is 662. The minimum atomic E-state index is -2.28. The number of rotatable bonds is 10. The summed E-state index contributed by atoms with van der Waals surface area (Å²) in [6.45, 7) is -4.54. The number of carbonyl (C=O) groups is 5. The van der Waals surface area contributed by atoms with E-state index in [9.17, 15) is 49.5 Å². The van der Waals surface area contributed by atoms with E-state index in [1.165, 1.54) is 0 Å². The van der Waals surface area contributed by atoms with E-state index < -0.39 is 85.4 Å². The molecule has 10 N–H and O–H groups in total. The van der Waals surface area contributed by atoms with E-state index in [1.54, 1.807) is 0 Å². The maximum Gasteiger partial charge on any atom is 3.00 e. The number of halogens is 5. The predicted octanol–water partition coefficient (Wildman–Crippen LogP) is -11.7. The van der Waals surface area contributed by atoms with Crippen molar-refractivity contribution in [2.75, 3.05) is 33.0 Å². The fourth-order valence-corrected chi connectivity index (χ4v) is 0.323. The zero-order valence-electron chi connectivity index (χ0n) is 20.3. The van der Waals surface area contributed by atoms with Crippen molar-refractivity contribution in [1.29, 1.82) is 0 Å². The van der Waals surface area contributed by atoms with Gasteiger partial charge >= 0.3 is 55.1 Å². The van der Waals surface area contributed by atoms with E-state index in [0.717, 1.165) is 0 Å². The number of carbonyl (C=O) groups excluding carboxylic acids is 5. The molecule has 240 valence electrons. The molecule has 0 saturated carbocycles. The number of hydrogen-bond donors (Lipinski definition) is 10. The van der Waals surface area contributed by atoms with Crippen LogP contribution in [-0.4, -0.2) is 192 Å². The van der Waals surface area contributed by atoms with Crippen LogP contribution in [0.25, 0.3) is 0 Å². The Kier molecular flexibility index (Phi) is 38.1. The molecule has 5 unspecified atom stereocenters. The van der Waals surface area contributed by atoms with Gasteiger partial charge in [-0.25, -0.2) is 0 Å². The summed E-state index contributed by atoms with van der Waals surface area (Å²) in [5.41, 5.74) is 0. The summed E-state index contributed by atoms with van der Waals surface area (Å²) in [6.07, 6.45) is 0. The Balaban J connectivity index is -0.0000000721. The van der Waals surface area contributed by atoms with Crippen molar-refractivity contribution in [3.63, 3.8) is 0 Å². The predicted molar refractivity (Wildman–Crippen MR) is 141 cm³/mol. The molecule has 0 aliphatic carbocycles. The van der Waals surface area contributed by atoms with E-state index >= 15 is 0 Å². The number of aliphatic hydroxyl groups excluding tert-OH is 5. The van der Waals surface area contributed by atoms with Crippen LogP contribution in [0.15, 0.2) is 0 Å². The van der Waals surface area contributed by atoms with E-state index in [1.807, 2.05) is 0 Å². The zero-order chi connectivity index (χ0) is 33.9. The van der Waals surface area contributed by atoms with Crippen molar-refractivity contribution < 1.29 is 101 Å². The van der Waals surface area contributed by atoms with Gasteiger partial charge in [-0.3, -0.25) is 0 Å². The van der Waals surface area contributed by atoms with Gasteiger partial charge in [0.2, 0.25) is 0 Å². The maximum atomic E-state index is 9.68. The van der Waals surface area contributed by atoms with Gasteiger partial charge in [0.05, 0.1) is 62.9 Å². The van der Waals surface area contributed by atoms with Crippen LogP contribution in [-0.2, 0) is 24.0 Å². The average molecular weight is 987 g/mol. The molecule has 0 aromatic rings. The van der Waals surface area contributed by atoms with E-state index in [0.29, 0.717) is 0 Å². The van der Waals surface area contributed by atoms with E-state index in [4.69, 9.17) is 51.1 Å². The van der Waals surface area contributed by atoms with E-state index in [-0.39, 0.29) is 55.1 Å². The third-order valence-corrected chi connectivity index (χ3v) is 5.48. The van der Waals surface area contributed by atoms with Gasteiger partial charge in [-0.1, -0.05) is 0 Å². The fraction of sp³-hybridized carbons (Fsp3) is 0.667. The zero-order valence-corrected chi connectivity index (χ0v) is 31.6. The number of aliphatic carboxylic acids is 5. The van der Waals surface area contributed by atoms with Crippen LogP contribution in [0.3, 0.4) is 0 Å². The smallest absolute Gasteiger partial charge is 0.546 e. The van der Waals surface area contributed by atoms with Gasteiger partial charge in [-0.05, 0) is 79.6 Å². The fourth-order valence-electron chi connectivity index (χ4n) is 0.323. The second-order valence-electron chi connectivity index (χ2n) is 6.02. The monoisotopic (exact) mass is 982 g/mol. The van der Waals surface area contributed by atoms with Crippen LogP contribution in [0, 0.1) is 0 Å². The molecule has 0 heterocycles. The summed E-state index contributed by atoms with van der Waals surface area (Å²) >= 11 is 11.4. The molecular formula is C15H20AlBr5CaO20. The molecule has 0 saturated heterocycles. The molecule has 27 heteroatoms. The van der Waals surface area contributed by atoms with Crippen molar-refractivity contribution in [2.45, 2.75) is 22.6 Å². The van der Waals surface area contributed by atoms with Gasteiger partial charge < -0.3 is 101 Å². The molecule has 0 aliphatic heterocycles. The summed E-state index contributed by atoms with van der Waals surface area (Å²) in [7, 11) is 0. The summed E-state index contributed by atoms with van der Waals surface area (Å²) in [6, 6.07) is 0. The Morgan fingerprint density at radius 3 is 0.476 bits per heavy atom. The van der Waals surface area contributed by atoms with Crippen molar-refractivity contribution in [2.24, 2.45) is 0 Å². The van der Waals surface area contributed by atoms with Crippen LogP contribution in [0.1, 0.15) is 0 Å². The van der Waals surface area contributed by atoms with Crippen LogP contribution >= 0.6 is 79.6 Å². The van der Waals surface area contributed by atoms with Gasteiger partial charge in [0.15, 0.2) is 22.6 Å². The molecule has 0 aromatic carbocycles. The Hall–Kier alpha value is 1.14. The van der Waals surface area contributed by atoms with Crippen molar-refractivity contribution in [3.05, 3.63) is 0 Å². The van der Waals surface area contributed by atoms with Crippen molar-refractivity contribution in [3.8, 4) is 0 Å². The first kappa shape index (κ1) is 58.7. The normalized spacial score (nSPS) is 16.5. The van der Waals surface area contributed by atoms with Crippen LogP contribution < -0.4 is 25.5 Å². The number of aliphatic hydroxyl groups is 10. The molecule has 5 atom stereocenters. The van der Waals surface area contributed by atoms with Crippen LogP contribution in [0.2, 0.25) is 0 Å². The first-order chi connectivity index (χ1) is 17.5. The summed E-state index contributed by atoms with van der Waals surface area (Å²) in [4.78, 5) is 48.4. The minimum Gasteiger partial charge on any atom is -0.546 e. The molecule has 42 heavy (non-hydrogen) atoms. The van der Waals surface area contributed by atoms with Gasteiger partial charge in [0, 0.05) is 0 Å². The minimum absolute atomic E-state index is 0. The maximum absolute atomic E-state index is 9.68. The van der Waals surface area contributed by atoms with Crippen LogP contribution in [0.5, 0.6) is 0 Å². The van der Waals surface area contributed by atoms with Gasteiger partial charge in [-0.15, -0.1) is 0 Å². The molecule has 0 bridgehead atoms. The molecule has 0 aliphatic rings. The Morgan fingerprint density at radius 2 is 0.476 bits per heavy atom. The van der Waals surface area contributed by atoms with Gasteiger partial charge in [-0.2, -0.15) is 0 Å². The van der Waals surface area contributed by atoms with Crippen molar-refractivity contribution in [1.82, 2.24) is 0 Å². The first-order valence-corrected chi connectivity index (χ1v) is 12.7. The second kappa shape index (κ2) is 27.3. The molecule has 0 fully saturated rings. The largest absolute Gasteiger partial charge is 3.00 e. The SMILES string of the molecule is O=C([O-])C(O)(Br)CO.O=C([O-])C(O)(Br)CO.O=C([O-])C(O)(Br)CO.O=C([O-])C(O)(Br)CO.O=C([O-])C(O)(Br)CO.[Al+3].[Ca+2]. The molecule has 0 spiro atoms. The number of carboxylic acids is 5. The third kappa shape index (κ3) is 31.1. The molecule has 0 rings (SSSR count). The summed E-state index contributed by atoms with van der Waals surface area (Å²) in [5, 5.41) is 131. The molecule has 0 amide bonds. The summed E-state index contributed by atoms with van der Waals surface area (Å²) in [5.74, 6) is -8.75. The number of hydrogen-bond acceptors (Lipinski definition) is 20. The Labute approximate surface area is 317 Å². The molecule has 0 aromatic heterocycles. The number of carboxylic acid groups (broad SMARTS) is 5.